The third-order valence-electron chi connectivity index (χ3n) is 6.50. The molecule has 0 N–H and O–H groups in total. The van der Waals surface area contributed by atoms with Crippen molar-refractivity contribution in [2.45, 2.75) is 58.4 Å². The second kappa shape index (κ2) is 5.33. The second-order valence-corrected chi connectivity index (χ2v) is 8.06. The van der Waals surface area contributed by atoms with E-state index >= 15 is 0 Å². The van der Waals surface area contributed by atoms with Crippen molar-refractivity contribution in [2.75, 3.05) is 18.5 Å². The fourth-order valence-electron chi connectivity index (χ4n) is 4.90. The van der Waals surface area contributed by atoms with Crippen LogP contribution in [0.4, 0.5) is 5.69 Å². The lowest BCUT2D eigenvalue weighted by molar-refractivity contribution is -0.121. The van der Waals surface area contributed by atoms with Crippen molar-refractivity contribution in [2.24, 2.45) is 5.41 Å². The Labute approximate surface area is 143 Å². The van der Waals surface area contributed by atoms with Gasteiger partial charge in [0, 0.05) is 13.6 Å². The quantitative estimate of drug-likeness (QED) is 0.733. The van der Waals surface area contributed by atoms with Crippen molar-refractivity contribution < 1.29 is 9.59 Å². The number of carbonyl (C=O) groups excluding carboxylic acids is 2. The third kappa shape index (κ3) is 2.19. The van der Waals surface area contributed by atoms with Gasteiger partial charge in [0.1, 0.15) is 6.04 Å². The van der Waals surface area contributed by atoms with Gasteiger partial charge in [0.2, 0.25) is 5.91 Å². The largest absolute Gasteiger partial charge is 0.326 e. The summed E-state index contributed by atoms with van der Waals surface area (Å²) in [6, 6.07) is 3.66. The van der Waals surface area contributed by atoms with E-state index in [0.29, 0.717) is 5.56 Å². The fraction of sp³-hybridized carbons (Fsp3) is 0.600. The summed E-state index contributed by atoms with van der Waals surface area (Å²) in [5.41, 5.74) is 3.84. The second-order valence-electron chi connectivity index (χ2n) is 8.06. The number of amides is 2. The highest BCUT2D eigenvalue weighted by Gasteiger charge is 2.51. The zero-order valence-electron chi connectivity index (χ0n) is 14.9. The van der Waals surface area contributed by atoms with Gasteiger partial charge in [-0.1, -0.05) is 19.3 Å². The molecule has 2 aliphatic heterocycles. The van der Waals surface area contributed by atoms with E-state index in [1.165, 1.54) is 19.3 Å². The number of aryl methyl sites for hydroxylation is 2. The van der Waals surface area contributed by atoms with Crippen LogP contribution in [0, 0.1) is 19.3 Å². The Morgan fingerprint density at radius 1 is 1.04 bits per heavy atom. The van der Waals surface area contributed by atoms with Crippen LogP contribution in [0.25, 0.3) is 0 Å². The lowest BCUT2D eigenvalue weighted by Gasteiger charge is -2.33. The molecule has 4 nitrogen and oxygen atoms in total. The van der Waals surface area contributed by atoms with Gasteiger partial charge in [0.25, 0.3) is 5.91 Å². The van der Waals surface area contributed by atoms with Crippen LogP contribution < -0.4 is 4.90 Å². The molecule has 0 radical (unpaired) electrons. The van der Waals surface area contributed by atoms with Crippen molar-refractivity contribution in [3.8, 4) is 0 Å². The Hall–Kier alpha value is -1.84. The van der Waals surface area contributed by atoms with Crippen LogP contribution in [0.5, 0.6) is 0 Å². The zero-order chi connectivity index (χ0) is 17.1. The highest BCUT2D eigenvalue weighted by atomic mass is 16.2. The summed E-state index contributed by atoms with van der Waals surface area (Å²) in [7, 11) is 1.82. The molecule has 1 saturated heterocycles. The van der Waals surface area contributed by atoms with E-state index in [2.05, 4.69) is 0 Å². The first kappa shape index (κ1) is 15.7. The normalized spacial score (nSPS) is 25.7. The number of anilines is 1. The molecule has 2 heterocycles. The van der Waals surface area contributed by atoms with Gasteiger partial charge >= 0.3 is 0 Å². The van der Waals surface area contributed by atoms with E-state index in [1.54, 1.807) is 4.90 Å². The first-order chi connectivity index (χ1) is 11.4. The van der Waals surface area contributed by atoms with E-state index < -0.39 is 0 Å². The smallest absolute Gasteiger partial charge is 0.256 e. The van der Waals surface area contributed by atoms with Gasteiger partial charge in [-0.15, -0.1) is 0 Å². The highest BCUT2D eigenvalue weighted by molar-refractivity contribution is 6.11. The van der Waals surface area contributed by atoms with Crippen LogP contribution in [0.1, 0.15) is 60.0 Å². The summed E-state index contributed by atoms with van der Waals surface area (Å²) in [6.45, 7) is 4.81. The number of nitrogens with zero attached hydrogens (tertiary/aromatic N) is 2. The molecule has 0 unspecified atom stereocenters. The van der Waals surface area contributed by atoms with Gasteiger partial charge < -0.3 is 9.80 Å². The van der Waals surface area contributed by atoms with E-state index in [9.17, 15) is 9.59 Å². The molecule has 1 aliphatic carbocycles. The molecule has 128 valence electrons. The van der Waals surface area contributed by atoms with Crippen LogP contribution in [-0.2, 0) is 4.79 Å². The van der Waals surface area contributed by atoms with E-state index in [4.69, 9.17) is 0 Å². The fourth-order valence-corrected chi connectivity index (χ4v) is 4.90. The molecule has 3 aliphatic rings. The molecular formula is C20H26N2O2. The number of carbonyl (C=O) groups is 2. The van der Waals surface area contributed by atoms with Crippen molar-refractivity contribution in [1.82, 2.24) is 4.90 Å². The van der Waals surface area contributed by atoms with Crippen molar-refractivity contribution in [1.29, 1.82) is 0 Å². The summed E-state index contributed by atoms with van der Waals surface area (Å²) >= 11 is 0. The minimum atomic E-state index is -0.284. The predicted octanol–water partition coefficient (Wildman–Crippen LogP) is 3.44. The first-order valence-electron chi connectivity index (χ1n) is 9.12. The lowest BCUT2D eigenvalue weighted by Crippen LogP contribution is -2.43. The topological polar surface area (TPSA) is 40.6 Å². The maximum absolute atomic E-state index is 13.2. The summed E-state index contributed by atoms with van der Waals surface area (Å²) in [5.74, 6) is 0.117. The van der Waals surface area contributed by atoms with E-state index in [0.717, 1.165) is 42.6 Å². The molecule has 1 spiro atoms. The maximum Gasteiger partial charge on any atom is 0.256 e. The number of benzene rings is 1. The van der Waals surface area contributed by atoms with E-state index in [-0.39, 0.29) is 23.3 Å². The SMILES string of the molecule is Cc1cc2c(cc1C)N(C)C(=O)[C@@H]1CC3(CCCCC3)CN1C2=O. The first-order valence-corrected chi connectivity index (χ1v) is 9.12. The van der Waals surface area contributed by atoms with Crippen LogP contribution in [-0.4, -0.2) is 36.3 Å². The Kier molecular flexibility index (Phi) is 3.48. The van der Waals surface area contributed by atoms with Gasteiger partial charge in [0.05, 0.1) is 11.3 Å². The Balaban J connectivity index is 1.78. The number of hydrogen-bond donors (Lipinski definition) is 0. The van der Waals surface area contributed by atoms with Gasteiger partial charge in [-0.25, -0.2) is 0 Å². The molecule has 4 rings (SSSR count). The standard InChI is InChI=1S/C20H26N2O2/c1-13-9-15-16(10-14(13)2)21(3)19(24)17-11-20(7-5-4-6-8-20)12-22(17)18(15)23/h9-10,17H,4-8,11-12H2,1-3H3/t17-/m0/s1. The number of hydrogen-bond acceptors (Lipinski definition) is 2. The van der Waals surface area contributed by atoms with Crippen molar-refractivity contribution in [3.63, 3.8) is 0 Å². The van der Waals surface area contributed by atoms with Crippen LogP contribution in [0.2, 0.25) is 0 Å². The molecule has 24 heavy (non-hydrogen) atoms. The Bertz CT molecular complexity index is 719. The van der Waals surface area contributed by atoms with Crippen LogP contribution in [0.3, 0.4) is 0 Å². The molecule has 0 aromatic heterocycles. The van der Waals surface area contributed by atoms with Crippen LogP contribution in [0.15, 0.2) is 12.1 Å². The van der Waals surface area contributed by atoms with Crippen molar-refractivity contribution >= 4 is 17.5 Å². The van der Waals surface area contributed by atoms with Gasteiger partial charge in [-0.2, -0.15) is 0 Å². The van der Waals surface area contributed by atoms with E-state index in [1.807, 2.05) is 37.9 Å². The molecule has 0 bridgehead atoms. The Morgan fingerprint density at radius 2 is 1.71 bits per heavy atom. The lowest BCUT2D eigenvalue weighted by atomic mass is 9.72. The van der Waals surface area contributed by atoms with Crippen molar-refractivity contribution in [3.05, 3.63) is 28.8 Å². The molecule has 2 fully saturated rings. The zero-order valence-corrected chi connectivity index (χ0v) is 14.9. The monoisotopic (exact) mass is 326 g/mol. The highest BCUT2D eigenvalue weighted by Crippen LogP contribution is 2.48. The minimum absolute atomic E-state index is 0.0400. The number of likely N-dealkylation sites (N-methyl/N-ethyl adjacent to an activating group) is 1. The molecule has 1 aromatic carbocycles. The number of fused-ring (bicyclic) bond motifs is 2. The predicted molar refractivity (Wildman–Crippen MR) is 94.3 cm³/mol. The van der Waals surface area contributed by atoms with Gasteiger partial charge in [-0.3, -0.25) is 9.59 Å². The minimum Gasteiger partial charge on any atom is -0.326 e. The summed E-state index contributed by atoms with van der Waals surface area (Å²) in [4.78, 5) is 29.9. The summed E-state index contributed by atoms with van der Waals surface area (Å²) in [6.07, 6.45) is 6.90. The van der Waals surface area contributed by atoms with Crippen LogP contribution >= 0.6 is 0 Å². The maximum atomic E-state index is 13.2. The molecule has 1 saturated carbocycles. The average molecular weight is 326 g/mol. The third-order valence-corrected chi connectivity index (χ3v) is 6.50. The Morgan fingerprint density at radius 3 is 2.42 bits per heavy atom. The molecule has 1 aromatic rings. The van der Waals surface area contributed by atoms with Gasteiger partial charge in [-0.05, 0) is 61.8 Å². The molecule has 2 amide bonds. The molecule has 1 atom stereocenters. The molecular weight excluding hydrogens is 300 g/mol. The van der Waals surface area contributed by atoms with Gasteiger partial charge in [0.15, 0.2) is 0 Å². The summed E-state index contributed by atoms with van der Waals surface area (Å²) < 4.78 is 0. The number of rotatable bonds is 0. The average Bonchev–Trinajstić information content (AvgIpc) is 2.92. The summed E-state index contributed by atoms with van der Waals surface area (Å²) in [5, 5.41) is 0. The molecule has 4 heteroatoms.